The van der Waals surface area contributed by atoms with Crippen LogP contribution >= 0.6 is 0 Å². The van der Waals surface area contributed by atoms with Crippen molar-refractivity contribution < 1.29 is 0 Å². The van der Waals surface area contributed by atoms with Gasteiger partial charge in [0, 0.05) is 17.4 Å². The summed E-state index contributed by atoms with van der Waals surface area (Å²) in [5, 5.41) is 5.47. The third-order valence-corrected chi connectivity index (χ3v) is 4.04. The van der Waals surface area contributed by atoms with Crippen LogP contribution in [0.25, 0.3) is 21.9 Å². The van der Waals surface area contributed by atoms with Gasteiger partial charge in [0.15, 0.2) is 5.82 Å². The lowest BCUT2D eigenvalue weighted by Crippen LogP contribution is -2.11. The first kappa shape index (κ1) is 15.1. The monoisotopic (exact) mass is 327 g/mol. The summed E-state index contributed by atoms with van der Waals surface area (Å²) in [5.41, 5.74) is 5.51. The molecule has 0 bridgehead atoms. The zero-order valence-corrected chi connectivity index (χ0v) is 13.5. The summed E-state index contributed by atoms with van der Waals surface area (Å²) in [6.45, 7) is 0. The number of rotatable bonds is 4. The molecule has 0 aliphatic carbocycles. The van der Waals surface area contributed by atoms with Crippen LogP contribution in [-0.2, 0) is 0 Å². The molecule has 5 heteroatoms. The van der Waals surface area contributed by atoms with Crippen LogP contribution in [0.1, 0.15) is 0 Å². The molecule has 1 aromatic heterocycles. The molecule has 122 valence electrons. The van der Waals surface area contributed by atoms with Gasteiger partial charge < -0.3 is 10.7 Å². The third-order valence-electron chi connectivity index (χ3n) is 4.04. The Kier molecular flexibility index (Phi) is 3.98. The van der Waals surface area contributed by atoms with Gasteiger partial charge in [-0.1, -0.05) is 60.7 Å². The molecule has 0 unspecified atom stereocenters. The number of para-hydroxylation sites is 1. The summed E-state index contributed by atoms with van der Waals surface area (Å²) >= 11 is 0. The third kappa shape index (κ3) is 3.00. The average molecular weight is 327 g/mol. The highest BCUT2D eigenvalue weighted by molar-refractivity contribution is 5.98. The Morgan fingerprint density at radius 3 is 2.36 bits per heavy atom. The molecule has 0 saturated heterocycles. The van der Waals surface area contributed by atoms with E-state index in [1.54, 1.807) is 6.20 Å². The number of hydrogen-bond acceptors (Lipinski definition) is 5. The molecule has 0 spiro atoms. The second kappa shape index (κ2) is 6.59. The lowest BCUT2D eigenvalue weighted by atomic mass is 10.00. The number of hydrazine groups is 1. The normalized spacial score (nSPS) is 10.6. The van der Waals surface area contributed by atoms with Crippen molar-refractivity contribution in [3.8, 4) is 11.1 Å². The second-order valence-electron chi connectivity index (χ2n) is 5.62. The van der Waals surface area contributed by atoms with Gasteiger partial charge in [-0.25, -0.2) is 10.8 Å². The minimum Gasteiger partial charge on any atom is -0.324 e. The van der Waals surface area contributed by atoms with E-state index in [1.165, 1.54) is 0 Å². The zero-order valence-electron chi connectivity index (χ0n) is 13.5. The molecular weight excluding hydrogens is 310 g/mol. The van der Waals surface area contributed by atoms with Gasteiger partial charge in [-0.3, -0.25) is 0 Å². The number of aromatic nitrogens is 2. The lowest BCUT2D eigenvalue weighted by Gasteiger charge is -2.12. The number of nitrogen functional groups attached to an aromatic ring is 1. The fraction of sp³-hybridized carbons (Fsp3) is 0. The van der Waals surface area contributed by atoms with Crippen LogP contribution in [0.2, 0.25) is 0 Å². The number of nitrogens with one attached hydrogen (secondary N) is 2. The molecule has 0 amide bonds. The number of hydrogen-bond donors (Lipinski definition) is 3. The number of nitrogens with zero attached hydrogens (tertiary/aromatic N) is 2. The molecule has 5 nitrogen and oxygen atoms in total. The zero-order chi connectivity index (χ0) is 17.1. The van der Waals surface area contributed by atoms with Crippen LogP contribution in [0.3, 0.4) is 0 Å². The minimum absolute atomic E-state index is 0.489. The maximum absolute atomic E-state index is 5.73. The Bertz CT molecular complexity index is 1010. The maximum Gasteiger partial charge on any atom is 0.229 e. The van der Waals surface area contributed by atoms with Gasteiger partial charge in [-0.15, -0.1) is 0 Å². The molecule has 3 aromatic carbocycles. The first-order valence-electron chi connectivity index (χ1n) is 7.99. The van der Waals surface area contributed by atoms with Gasteiger partial charge in [-0.05, 0) is 28.5 Å². The van der Waals surface area contributed by atoms with Gasteiger partial charge in [0.1, 0.15) is 0 Å². The highest BCUT2D eigenvalue weighted by Crippen LogP contribution is 2.32. The van der Waals surface area contributed by atoms with Crippen LogP contribution < -0.4 is 16.6 Å². The van der Waals surface area contributed by atoms with E-state index >= 15 is 0 Å². The molecule has 4 N–H and O–H groups in total. The largest absolute Gasteiger partial charge is 0.324 e. The Hall–Kier alpha value is -3.44. The fourth-order valence-corrected chi connectivity index (χ4v) is 2.86. The molecule has 4 aromatic rings. The topological polar surface area (TPSA) is 75.9 Å². The average Bonchev–Trinajstić information content (AvgIpc) is 2.68. The SMILES string of the molecule is NNc1nc(Nc2ccccc2)ncc1-c1cccc2ccccc12. The summed E-state index contributed by atoms with van der Waals surface area (Å²) < 4.78 is 0. The Labute approximate surface area is 145 Å². The lowest BCUT2D eigenvalue weighted by molar-refractivity contribution is 1.14. The summed E-state index contributed by atoms with van der Waals surface area (Å²) in [6.07, 6.45) is 1.79. The standard InChI is InChI=1S/C20H17N5/c21-25-19-18(17-12-6-8-14-7-4-5-11-16(14)17)13-22-20(24-19)23-15-9-2-1-3-10-15/h1-13H,21H2,(H2,22,23,24,25). The van der Waals surface area contributed by atoms with Crippen LogP contribution in [-0.4, -0.2) is 9.97 Å². The predicted molar refractivity (Wildman–Crippen MR) is 103 cm³/mol. The molecule has 0 saturated carbocycles. The summed E-state index contributed by atoms with van der Waals surface area (Å²) in [7, 11) is 0. The highest BCUT2D eigenvalue weighted by Gasteiger charge is 2.11. The van der Waals surface area contributed by atoms with Crippen molar-refractivity contribution in [1.29, 1.82) is 0 Å². The quantitative estimate of drug-likeness (QED) is 0.384. The number of fused-ring (bicyclic) bond motifs is 1. The predicted octanol–water partition coefficient (Wildman–Crippen LogP) is 4.33. The summed E-state index contributed by atoms with van der Waals surface area (Å²) in [5.74, 6) is 6.79. The summed E-state index contributed by atoms with van der Waals surface area (Å²) in [6, 6.07) is 24.1. The van der Waals surface area contributed by atoms with Crippen LogP contribution in [0.5, 0.6) is 0 Å². The van der Waals surface area contributed by atoms with E-state index in [1.807, 2.05) is 54.6 Å². The molecule has 0 aliphatic heterocycles. The molecule has 0 atom stereocenters. The number of anilines is 3. The molecule has 0 radical (unpaired) electrons. The van der Waals surface area contributed by atoms with Gasteiger partial charge in [0.25, 0.3) is 0 Å². The Morgan fingerprint density at radius 1 is 0.760 bits per heavy atom. The van der Waals surface area contributed by atoms with Crippen molar-refractivity contribution in [3.05, 3.63) is 79.0 Å². The fourth-order valence-electron chi connectivity index (χ4n) is 2.86. The molecule has 4 rings (SSSR count). The van der Waals surface area contributed by atoms with Crippen molar-refractivity contribution in [2.75, 3.05) is 10.7 Å². The smallest absolute Gasteiger partial charge is 0.229 e. The highest BCUT2D eigenvalue weighted by atomic mass is 15.3. The minimum atomic E-state index is 0.489. The van der Waals surface area contributed by atoms with Crippen molar-refractivity contribution in [1.82, 2.24) is 9.97 Å². The molecule has 0 aliphatic rings. The summed E-state index contributed by atoms with van der Waals surface area (Å²) in [4.78, 5) is 8.96. The van der Waals surface area contributed by atoms with E-state index in [9.17, 15) is 0 Å². The second-order valence-corrected chi connectivity index (χ2v) is 5.62. The molecular formula is C20H17N5. The van der Waals surface area contributed by atoms with E-state index in [0.29, 0.717) is 11.8 Å². The van der Waals surface area contributed by atoms with Gasteiger partial charge >= 0.3 is 0 Å². The Balaban J connectivity index is 1.77. The number of nitrogens with two attached hydrogens (primary N) is 1. The van der Waals surface area contributed by atoms with Crippen LogP contribution in [0, 0.1) is 0 Å². The van der Waals surface area contributed by atoms with Gasteiger partial charge in [0.2, 0.25) is 5.95 Å². The van der Waals surface area contributed by atoms with Crippen molar-refractivity contribution in [3.63, 3.8) is 0 Å². The van der Waals surface area contributed by atoms with E-state index in [-0.39, 0.29) is 0 Å². The van der Waals surface area contributed by atoms with Gasteiger partial charge in [0.05, 0.1) is 0 Å². The maximum atomic E-state index is 5.73. The van der Waals surface area contributed by atoms with Gasteiger partial charge in [-0.2, -0.15) is 4.98 Å². The first-order valence-corrected chi connectivity index (χ1v) is 7.99. The van der Waals surface area contributed by atoms with Crippen molar-refractivity contribution in [2.24, 2.45) is 5.84 Å². The van der Waals surface area contributed by atoms with Crippen molar-refractivity contribution in [2.45, 2.75) is 0 Å². The van der Waals surface area contributed by atoms with E-state index in [2.05, 4.69) is 38.9 Å². The number of benzene rings is 3. The first-order chi connectivity index (χ1) is 12.3. The van der Waals surface area contributed by atoms with Crippen LogP contribution in [0.4, 0.5) is 17.5 Å². The van der Waals surface area contributed by atoms with E-state index in [4.69, 9.17) is 5.84 Å². The molecule has 25 heavy (non-hydrogen) atoms. The molecule has 1 heterocycles. The Morgan fingerprint density at radius 2 is 1.52 bits per heavy atom. The van der Waals surface area contributed by atoms with Crippen molar-refractivity contribution >= 4 is 28.2 Å². The van der Waals surface area contributed by atoms with E-state index < -0.39 is 0 Å². The molecule has 0 fully saturated rings. The van der Waals surface area contributed by atoms with E-state index in [0.717, 1.165) is 27.6 Å². The van der Waals surface area contributed by atoms with Crippen LogP contribution in [0.15, 0.2) is 79.0 Å².